The number of rotatable bonds is 7. The first-order valence-electron chi connectivity index (χ1n) is 10.5. The van der Waals surface area contributed by atoms with Gasteiger partial charge in [-0.1, -0.05) is 42.5 Å². The second kappa shape index (κ2) is 9.70. The second-order valence-electron chi connectivity index (χ2n) is 7.80. The van der Waals surface area contributed by atoms with Crippen LogP contribution in [-0.4, -0.2) is 32.8 Å². The highest BCUT2D eigenvalue weighted by Crippen LogP contribution is 2.24. The summed E-state index contributed by atoms with van der Waals surface area (Å²) in [5.74, 6) is -0.452. The maximum atomic E-state index is 13.4. The molecule has 0 saturated heterocycles. The monoisotopic (exact) mass is 459 g/mol. The molecule has 2 amide bonds. The summed E-state index contributed by atoms with van der Waals surface area (Å²) in [6.07, 6.45) is 1.85. The summed E-state index contributed by atoms with van der Waals surface area (Å²) in [6.45, 7) is 2.16. The summed E-state index contributed by atoms with van der Waals surface area (Å²) in [4.78, 5) is 32.1. The lowest BCUT2D eigenvalue weighted by Crippen LogP contribution is -2.38. The Hall–Kier alpha value is -3.91. The number of hydrogen-bond donors (Lipinski definition) is 2. The fraction of sp³-hybridized carbons (Fsp3) is 0.160. The quantitative estimate of drug-likeness (QED) is 0.430. The molecule has 2 aromatic heterocycles. The number of aryl methyl sites for hydroxylation is 2. The third kappa shape index (κ3) is 5.30. The number of nitrogens with two attached hydrogens (primary N) is 1. The average Bonchev–Trinajstić information content (AvgIpc) is 3.39. The highest BCUT2D eigenvalue weighted by atomic mass is 32.1. The Morgan fingerprint density at radius 2 is 1.82 bits per heavy atom. The summed E-state index contributed by atoms with van der Waals surface area (Å²) in [5, 5.41) is 5.29. The molecule has 0 aliphatic rings. The largest absolute Gasteiger partial charge is 0.375 e. The van der Waals surface area contributed by atoms with Crippen LogP contribution < -0.4 is 11.1 Å². The lowest BCUT2D eigenvalue weighted by atomic mass is 10.1. The van der Waals surface area contributed by atoms with Crippen molar-refractivity contribution in [3.63, 3.8) is 0 Å². The van der Waals surface area contributed by atoms with Crippen LogP contribution in [0.25, 0.3) is 11.3 Å². The van der Waals surface area contributed by atoms with Gasteiger partial charge in [0.1, 0.15) is 12.2 Å². The van der Waals surface area contributed by atoms with Gasteiger partial charge in [-0.25, -0.2) is 4.98 Å². The topological polar surface area (TPSA) is 93.2 Å². The van der Waals surface area contributed by atoms with Crippen molar-refractivity contribution in [2.75, 3.05) is 17.6 Å². The number of nitrogens with zero attached hydrogens (tertiary/aromatic N) is 3. The van der Waals surface area contributed by atoms with Crippen LogP contribution in [0.3, 0.4) is 0 Å². The first-order chi connectivity index (χ1) is 15.9. The average molecular weight is 460 g/mol. The molecule has 0 saturated carbocycles. The van der Waals surface area contributed by atoms with E-state index in [0.29, 0.717) is 23.1 Å². The third-order valence-electron chi connectivity index (χ3n) is 5.30. The van der Waals surface area contributed by atoms with Crippen LogP contribution in [0.15, 0.2) is 72.2 Å². The van der Waals surface area contributed by atoms with Gasteiger partial charge in [0.25, 0.3) is 5.91 Å². The molecule has 0 unspecified atom stereocenters. The molecular weight excluding hydrogens is 434 g/mol. The summed E-state index contributed by atoms with van der Waals surface area (Å²) in [5.41, 5.74) is 10.5. The zero-order valence-corrected chi connectivity index (χ0v) is 19.3. The van der Waals surface area contributed by atoms with Crippen LogP contribution in [0.4, 0.5) is 10.8 Å². The first kappa shape index (κ1) is 22.3. The van der Waals surface area contributed by atoms with Gasteiger partial charge in [-0.3, -0.25) is 9.59 Å². The summed E-state index contributed by atoms with van der Waals surface area (Å²) >= 11 is 1.38. The molecule has 4 rings (SSSR count). The van der Waals surface area contributed by atoms with E-state index in [2.05, 4.69) is 10.3 Å². The van der Waals surface area contributed by atoms with E-state index in [1.807, 2.05) is 86.2 Å². The van der Waals surface area contributed by atoms with Gasteiger partial charge in [-0.05, 0) is 36.2 Å². The number of carbonyl (C=O) groups is 2. The smallest absolute Gasteiger partial charge is 0.271 e. The molecule has 4 aromatic rings. The van der Waals surface area contributed by atoms with Crippen LogP contribution in [0.5, 0.6) is 0 Å². The molecule has 168 valence electrons. The van der Waals surface area contributed by atoms with E-state index in [1.165, 1.54) is 11.3 Å². The van der Waals surface area contributed by atoms with Crippen LogP contribution in [-0.2, 0) is 18.4 Å². The molecule has 2 aromatic carbocycles. The molecule has 0 bridgehead atoms. The Bertz CT molecular complexity index is 1240. The van der Waals surface area contributed by atoms with Gasteiger partial charge >= 0.3 is 0 Å². The molecule has 0 atom stereocenters. The minimum atomic E-state index is -0.267. The van der Waals surface area contributed by atoms with Gasteiger partial charge in [0.2, 0.25) is 5.91 Å². The van der Waals surface area contributed by atoms with Crippen molar-refractivity contribution in [3.05, 3.63) is 89.1 Å². The van der Waals surface area contributed by atoms with E-state index in [-0.39, 0.29) is 18.4 Å². The Morgan fingerprint density at radius 3 is 2.42 bits per heavy atom. The van der Waals surface area contributed by atoms with Gasteiger partial charge in [-0.15, -0.1) is 11.3 Å². The number of nitrogen functional groups attached to an aromatic ring is 1. The maximum Gasteiger partial charge on any atom is 0.271 e. The van der Waals surface area contributed by atoms with E-state index in [9.17, 15) is 9.59 Å². The first-order valence-corrected chi connectivity index (χ1v) is 11.3. The molecule has 8 heteroatoms. The van der Waals surface area contributed by atoms with E-state index in [0.717, 1.165) is 22.4 Å². The van der Waals surface area contributed by atoms with Gasteiger partial charge in [0.05, 0.1) is 5.69 Å². The van der Waals surface area contributed by atoms with Crippen LogP contribution in [0, 0.1) is 6.92 Å². The molecule has 3 N–H and O–H groups in total. The van der Waals surface area contributed by atoms with Gasteiger partial charge in [0.15, 0.2) is 5.13 Å². The predicted octanol–water partition coefficient (Wildman–Crippen LogP) is 4.32. The molecule has 2 heterocycles. The van der Waals surface area contributed by atoms with E-state index >= 15 is 0 Å². The number of carbonyl (C=O) groups excluding carboxylic acids is 2. The maximum absolute atomic E-state index is 13.4. The molecule has 0 fully saturated rings. The molecule has 0 radical (unpaired) electrons. The fourth-order valence-corrected chi connectivity index (χ4v) is 4.22. The number of anilines is 2. The molecule has 0 aliphatic carbocycles. The lowest BCUT2D eigenvalue weighted by Gasteiger charge is -2.23. The molecule has 0 aliphatic heterocycles. The Morgan fingerprint density at radius 1 is 1.09 bits per heavy atom. The van der Waals surface area contributed by atoms with Crippen molar-refractivity contribution in [1.82, 2.24) is 14.5 Å². The predicted molar refractivity (Wildman–Crippen MR) is 132 cm³/mol. The van der Waals surface area contributed by atoms with Crippen LogP contribution >= 0.6 is 11.3 Å². The SMILES string of the molecule is Cc1ccn(C)c1C(=O)N(CC(=O)Nc1ccc(-c2csc(N)n2)cc1)Cc1ccccc1. The summed E-state index contributed by atoms with van der Waals surface area (Å²) in [6, 6.07) is 18.9. The number of amides is 2. The number of thiazole rings is 1. The molecule has 7 nitrogen and oxygen atoms in total. The van der Waals surface area contributed by atoms with Crippen molar-refractivity contribution in [2.45, 2.75) is 13.5 Å². The third-order valence-corrected chi connectivity index (χ3v) is 5.98. The number of aromatic nitrogens is 2. The van der Waals surface area contributed by atoms with Gasteiger partial charge in [0, 0.05) is 36.4 Å². The number of hydrogen-bond acceptors (Lipinski definition) is 5. The Labute approximate surface area is 196 Å². The fourth-order valence-electron chi connectivity index (χ4n) is 3.65. The minimum Gasteiger partial charge on any atom is -0.375 e. The van der Waals surface area contributed by atoms with Gasteiger partial charge in [-0.2, -0.15) is 0 Å². The van der Waals surface area contributed by atoms with Crippen molar-refractivity contribution >= 4 is 34.0 Å². The van der Waals surface area contributed by atoms with E-state index in [4.69, 9.17) is 5.73 Å². The Balaban J connectivity index is 1.49. The molecule has 0 spiro atoms. The van der Waals surface area contributed by atoms with Crippen LogP contribution in [0.1, 0.15) is 21.6 Å². The zero-order chi connectivity index (χ0) is 23.4. The van der Waals surface area contributed by atoms with Crippen molar-refractivity contribution in [2.24, 2.45) is 7.05 Å². The van der Waals surface area contributed by atoms with Crippen LogP contribution in [0.2, 0.25) is 0 Å². The zero-order valence-electron chi connectivity index (χ0n) is 18.5. The number of nitrogens with one attached hydrogen (secondary N) is 1. The Kier molecular flexibility index (Phi) is 6.55. The van der Waals surface area contributed by atoms with Crippen molar-refractivity contribution < 1.29 is 9.59 Å². The van der Waals surface area contributed by atoms with Crippen molar-refractivity contribution in [3.8, 4) is 11.3 Å². The second-order valence-corrected chi connectivity index (χ2v) is 8.69. The number of benzene rings is 2. The highest BCUT2D eigenvalue weighted by molar-refractivity contribution is 7.13. The van der Waals surface area contributed by atoms with Gasteiger partial charge < -0.3 is 20.5 Å². The lowest BCUT2D eigenvalue weighted by molar-refractivity contribution is -0.117. The standard InChI is InChI=1S/C25H25N5O2S/c1-17-12-13-29(2)23(17)24(32)30(14-18-6-4-3-5-7-18)15-22(31)27-20-10-8-19(9-11-20)21-16-33-25(26)28-21/h3-13,16H,14-15H2,1-2H3,(H2,26,28)(H,27,31). The summed E-state index contributed by atoms with van der Waals surface area (Å²) < 4.78 is 1.79. The molecule has 33 heavy (non-hydrogen) atoms. The molecular formula is C25H25N5O2S. The normalized spacial score (nSPS) is 10.7. The van der Waals surface area contributed by atoms with Crippen molar-refractivity contribution in [1.29, 1.82) is 0 Å². The van der Waals surface area contributed by atoms with E-state index in [1.54, 1.807) is 9.47 Å². The minimum absolute atomic E-state index is 0.0667. The summed E-state index contributed by atoms with van der Waals surface area (Å²) in [7, 11) is 1.83. The highest BCUT2D eigenvalue weighted by Gasteiger charge is 2.23. The van der Waals surface area contributed by atoms with E-state index < -0.39 is 0 Å².